The molecule has 0 aliphatic carbocycles. The number of hydrogen-bond donors (Lipinski definition) is 2. The van der Waals surface area contributed by atoms with Crippen LogP contribution in [-0.2, 0) is 4.79 Å². The van der Waals surface area contributed by atoms with Crippen LogP contribution in [0.3, 0.4) is 0 Å². The van der Waals surface area contributed by atoms with Crippen molar-refractivity contribution in [3.8, 4) is 0 Å². The Balaban J connectivity index is 4.03. The number of likely N-dealkylation sites (N-methyl/N-ethyl adjacent to an activating group) is 1. The van der Waals surface area contributed by atoms with Crippen LogP contribution in [0.2, 0.25) is 0 Å². The molecule has 0 saturated carbocycles. The lowest BCUT2D eigenvalue weighted by Crippen LogP contribution is -2.41. The van der Waals surface area contributed by atoms with E-state index in [0.29, 0.717) is 17.5 Å². The fraction of sp³-hybridized carbons (Fsp3) is 0.833. The van der Waals surface area contributed by atoms with Crippen LogP contribution in [-0.4, -0.2) is 42.0 Å². The molecular weight excluding hydrogens is 234 g/mol. The summed E-state index contributed by atoms with van der Waals surface area (Å²) in [5, 5.41) is 2.90. The highest BCUT2D eigenvalue weighted by Crippen LogP contribution is 2.00. The van der Waals surface area contributed by atoms with Crippen molar-refractivity contribution in [2.75, 3.05) is 26.2 Å². The summed E-state index contributed by atoms with van der Waals surface area (Å²) in [6.45, 7) is 10.9. The third kappa shape index (κ3) is 8.10. The summed E-state index contributed by atoms with van der Waals surface area (Å²) < 4.78 is 0. The van der Waals surface area contributed by atoms with E-state index in [4.69, 9.17) is 18.0 Å². The van der Waals surface area contributed by atoms with E-state index in [-0.39, 0.29) is 11.8 Å². The minimum Gasteiger partial charge on any atom is -0.393 e. The quantitative estimate of drug-likeness (QED) is 0.639. The zero-order chi connectivity index (χ0) is 13.4. The van der Waals surface area contributed by atoms with Crippen LogP contribution in [0.1, 0.15) is 27.7 Å². The number of rotatable bonds is 8. The summed E-state index contributed by atoms with van der Waals surface area (Å²) in [4.78, 5) is 14.2. The van der Waals surface area contributed by atoms with Crippen molar-refractivity contribution in [3.63, 3.8) is 0 Å². The summed E-state index contributed by atoms with van der Waals surface area (Å²) >= 11 is 4.93. The van der Waals surface area contributed by atoms with Gasteiger partial charge in [-0.2, -0.15) is 0 Å². The lowest BCUT2D eigenvalue weighted by atomic mass is 10.1. The van der Waals surface area contributed by atoms with E-state index in [1.165, 1.54) is 0 Å². The highest BCUT2D eigenvalue weighted by molar-refractivity contribution is 7.80. The summed E-state index contributed by atoms with van der Waals surface area (Å²) in [5.41, 5.74) is 5.57. The van der Waals surface area contributed by atoms with Crippen molar-refractivity contribution in [1.82, 2.24) is 10.2 Å². The summed E-state index contributed by atoms with van der Waals surface area (Å²) in [7, 11) is 0. The zero-order valence-corrected chi connectivity index (χ0v) is 12.1. The molecule has 0 aromatic rings. The highest BCUT2D eigenvalue weighted by Gasteiger charge is 2.14. The predicted molar refractivity (Wildman–Crippen MR) is 75.9 cm³/mol. The fourth-order valence-electron chi connectivity index (χ4n) is 1.36. The smallest absolute Gasteiger partial charge is 0.234 e. The van der Waals surface area contributed by atoms with Crippen molar-refractivity contribution < 1.29 is 4.79 Å². The van der Waals surface area contributed by atoms with Crippen molar-refractivity contribution >= 4 is 23.1 Å². The molecule has 5 heteroatoms. The van der Waals surface area contributed by atoms with Crippen molar-refractivity contribution in [2.24, 2.45) is 17.6 Å². The second-order valence-electron chi connectivity index (χ2n) is 4.83. The van der Waals surface area contributed by atoms with E-state index in [9.17, 15) is 4.79 Å². The molecule has 0 bridgehead atoms. The van der Waals surface area contributed by atoms with E-state index in [2.05, 4.69) is 24.1 Å². The number of nitrogens with one attached hydrogen (secondary N) is 1. The molecule has 0 spiro atoms. The first-order chi connectivity index (χ1) is 7.86. The maximum Gasteiger partial charge on any atom is 0.234 e. The second-order valence-corrected chi connectivity index (χ2v) is 5.30. The van der Waals surface area contributed by atoms with Gasteiger partial charge in [-0.15, -0.1) is 0 Å². The maximum absolute atomic E-state index is 11.7. The van der Waals surface area contributed by atoms with Crippen molar-refractivity contribution in [1.29, 1.82) is 0 Å². The number of thiocarbonyl (C=S) groups is 1. The van der Waals surface area contributed by atoms with Crippen molar-refractivity contribution in [3.05, 3.63) is 0 Å². The Morgan fingerprint density at radius 2 is 2.00 bits per heavy atom. The molecule has 0 saturated heterocycles. The van der Waals surface area contributed by atoms with Crippen LogP contribution in [0, 0.1) is 11.8 Å². The van der Waals surface area contributed by atoms with Gasteiger partial charge in [-0.25, -0.2) is 0 Å². The third-order valence-corrected chi connectivity index (χ3v) is 2.94. The molecule has 1 atom stereocenters. The van der Waals surface area contributed by atoms with Crippen LogP contribution in [0.25, 0.3) is 0 Å². The van der Waals surface area contributed by atoms with Crippen LogP contribution >= 0.6 is 12.2 Å². The summed E-state index contributed by atoms with van der Waals surface area (Å²) in [6.07, 6.45) is 0. The van der Waals surface area contributed by atoms with Gasteiger partial charge in [0.15, 0.2) is 0 Å². The molecule has 4 nitrogen and oxygen atoms in total. The van der Waals surface area contributed by atoms with Crippen molar-refractivity contribution in [2.45, 2.75) is 27.7 Å². The molecule has 0 heterocycles. The van der Waals surface area contributed by atoms with Gasteiger partial charge in [0, 0.05) is 19.0 Å². The number of hydrogen-bond acceptors (Lipinski definition) is 3. The van der Waals surface area contributed by atoms with Gasteiger partial charge in [0.25, 0.3) is 0 Å². The average molecular weight is 259 g/mol. The van der Waals surface area contributed by atoms with Gasteiger partial charge >= 0.3 is 0 Å². The molecule has 100 valence electrons. The Bertz CT molecular complexity index is 256. The maximum atomic E-state index is 11.7. The van der Waals surface area contributed by atoms with E-state index in [0.717, 1.165) is 19.6 Å². The van der Waals surface area contributed by atoms with Crippen LogP contribution in [0.15, 0.2) is 0 Å². The van der Waals surface area contributed by atoms with Crippen LogP contribution in [0.4, 0.5) is 0 Å². The predicted octanol–water partition coefficient (Wildman–Crippen LogP) is 1.00. The van der Waals surface area contributed by atoms with Gasteiger partial charge in [0.2, 0.25) is 5.91 Å². The number of nitrogens with two attached hydrogens (primary N) is 1. The molecule has 0 aromatic heterocycles. The van der Waals surface area contributed by atoms with Gasteiger partial charge in [-0.3, -0.25) is 9.69 Å². The molecule has 0 aliphatic heterocycles. The largest absolute Gasteiger partial charge is 0.393 e. The minimum absolute atomic E-state index is 0.0655. The van der Waals surface area contributed by atoms with E-state index in [1.807, 2.05) is 13.8 Å². The first-order valence-electron chi connectivity index (χ1n) is 6.15. The van der Waals surface area contributed by atoms with Crippen LogP contribution < -0.4 is 11.1 Å². The Labute approximate surface area is 110 Å². The van der Waals surface area contributed by atoms with E-state index < -0.39 is 0 Å². The molecule has 1 amide bonds. The fourth-order valence-corrected chi connectivity index (χ4v) is 1.43. The second kappa shape index (κ2) is 8.42. The molecule has 17 heavy (non-hydrogen) atoms. The Hall–Kier alpha value is -0.680. The van der Waals surface area contributed by atoms with Gasteiger partial charge in [-0.05, 0) is 12.5 Å². The number of carbonyl (C=O) groups is 1. The molecule has 0 rings (SSSR count). The SMILES string of the molecule is CCN(CC(=O)NCC(C)C)CC(C)C(N)=S. The number of amides is 1. The molecular formula is C12H25N3OS. The molecule has 0 radical (unpaired) electrons. The van der Waals surface area contributed by atoms with E-state index in [1.54, 1.807) is 0 Å². The number of carbonyl (C=O) groups excluding carboxylic acids is 1. The first-order valence-corrected chi connectivity index (χ1v) is 6.56. The van der Waals surface area contributed by atoms with Gasteiger partial charge in [0.05, 0.1) is 11.5 Å². The highest BCUT2D eigenvalue weighted by atomic mass is 32.1. The minimum atomic E-state index is 0.0655. The molecule has 0 aliphatic rings. The third-order valence-electron chi connectivity index (χ3n) is 2.54. The lowest BCUT2D eigenvalue weighted by molar-refractivity contribution is -0.122. The summed E-state index contributed by atoms with van der Waals surface area (Å²) in [6, 6.07) is 0. The number of nitrogens with zero attached hydrogens (tertiary/aromatic N) is 1. The lowest BCUT2D eigenvalue weighted by Gasteiger charge is -2.23. The van der Waals surface area contributed by atoms with Gasteiger partial charge in [0.1, 0.15) is 0 Å². The topological polar surface area (TPSA) is 58.4 Å². The zero-order valence-electron chi connectivity index (χ0n) is 11.3. The standard InChI is InChI=1S/C12H25N3OS/c1-5-15(7-10(4)12(13)17)8-11(16)14-6-9(2)3/h9-10H,5-8H2,1-4H3,(H2,13,17)(H,14,16). The van der Waals surface area contributed by atoms with E-state index >= 15 is 0 Å². The Kier molecular flexibility index (Phi) is 8.08. The Morgan fingerprint density at radius 1 is 1.41 bits per heavy atom. The molecule has 0 fully saturated rings. The van der Waals surface area contributed by atoms with Gasteiger partial charge < -0.3 is 11.1 Å². The van der Waals surface area contributed by atoms with Gasteiger partial charge in [-0.1, -0.05) is 39.9 Å². The summed E-state index contributed by atoms with van der Waals surface area (Å²) in [5.74, 6) is 0.683. The average Bonchev–Trinajstić information content (AvgIpc) is 2.25. The molecule has 1 unspecified atom stereocenters. The Morgan fingerprint density at radius 3 is 2.41 bits per heavy atom. The molecule has 3 N–H and O–H groups in total. The van der Waals surface area contributed by atoms with Crippen LogP contribution in [0.5, 0.6) is 0 Å². The monoisotopic (exact) mass is 259 g/mol. The molecule has 0 aromatic carbocycles. The first kappa shape index (κ1) is 16.3. The normalized spacial score (nSPS) is 12.8.